The van der Waals surface area contributed by atoms with E-state index in [0.717, 1.165) is 11.4 Å². The maximum atomic E-state index is 12.1. The fraction of sp³-hybridized carbons (Fsp3) is 0.500. The number of amides is 1. The van der Waals surface area contributed by atoms with Crippen molar-refractivity contribution in [3.05, 3.63) is 28.0 Å². The van der Waals surface area contributed by atoms with Gasteiger partial charge in [-0.2, -0.15) is 5.10 Å². The zero-order valence-corrected chi connectivity index (χ0v) is 15.2. The molecule has 0 aliphatic rings. The minimum atomic E-state index is -0.119. The Morgan fingerprint density at radius 2 is 2.12 bits per heavy atom. The molecule has 2 aromatic rings. The first kappa shape index (κ1) is 18.1. The lowest BCUT2D eigenvalue weighted by atomic mass is 10.1. The Kier molecular flexibility index (Phi) is 5.71. The minimum absolute atomic E-state index is 0.00422. The van der Waals surface area contributed by atoms with Gasteiger partial charge < -0.3 is 11.1 Å². The second-order valence-corrected chi connectivity index (χ2v) is 6.77. The molecular formula is C16H23N5O2S. The third-order valence-electron chi connectivity index (χ3n) is 3.85. The molecule has 0 spiro atoms. The summed E-state index contributed by atoms with van der Waals surface area (Å²) >= 11 is 1.39. The molecule has 130 valence electrons. The molecular weight excluding hydrogens is 326 g/mol. The van der Waals surface area contributed by atoms with Crippen molar-refractivity contribution >= 4 is 28.2 Å². The molecule has 24 heavy (non-hydrogen) atoms. The number of Topliss-reactive ketones (excluding diaryl/α,β-unsaturated/α-hetero) is 1. The van der Waals surface area contributed by atoms with E-state index >= 15 is 0 Å². The molecule has 2 rings (SSSR count). The van der Waals surface area contributed by atoms with Gasteiger partial charge in [0, 0.05) is 30.5 Å². The number of hydrogen-bond acceptors (Lipinski definition) is 6. The molecule has 0 fully saturated rings. The monoisotopic (exact) mass is 349 g/mol. The van der Waals surface area contributed by atoms with Crippen LogP contribution in [0, 0.1) is 13.8 Å². The summed E-state index contributed by atoms with van der Waals surface area (Å²) in [6.45, 7) is 7.64. The first-order valence-electron chi connectivity index (χ1n) is 7.82. The van der Waals surface area contributed by atoms with E-state index in [4.69, 9.17) is 5.73 Å². The molecule has 2 aromatic heterocycles. The lowest BCUT2D eigenvalue weighted by Crippen LogP contribution is -2.28. The summed E-state index contributed by atoms with van der Waals surface area (Å²) in [7, 11) is 0. The highest BCUT2D eigenvalue weighted by molar-refractivity contribution is 7.13. The van der Waals surface area contributed by atoms with Gasteiger partial charge in [-0.25, -0.2) is 4.98 Å². The van der Waals surface area contributed by atoms with Crippen LogP contribution in [0.15, 0.2) is 5.38 Å². The average molecular weight is 349 g/mol. The molecule has 0 aliphatic carbocycles. The van der Waals surface area contributed by atoms with E-state index in [9.17, 15) is 9.59 Å². The lowest BCUT2D eigenvalue weighted by molar-refractivity contribution is -0.121. The van der Waals surface area contributed by atoms with E-state index < -0.39 is 0 Å². The minimum Gasteiger partial charge on any atom is -0.375 e. The smallest absolute Gasteiger partial charge is 0.222 e. The van der Waals surface area contributed by atoms with Gasteiger partial charge in [0.15, 0.2) is 10.9 Å². The van der Waals surface area contributed by atoms with Crippen molar-refractivity contribution < 1.29 is 9.59 Å². The predicted octanol–water partition coefficient (Wildman–Crippen LogP) is 2.05. The summed E-state index contributed by atoms with van der Waals surface area (Å²) in [4.78, 5) is 27.9. The SMILES string of the molecule is CC(=O)c1c(C)nn(C(C)CC(=O)NCCc2csc(N)n2)c1C. The zero-order valence-electron chi connectivity index (χ0n) is 14.4. The van der Waals surface area contributed by atoms with E-state index in [0.29, 0.717) is 35.8 Å². The van der Waals surface area contributed by atoms with Crippen molar-refractivity contribution in [1.29, 1.82) is 0 Å². The summed E-state index contributed by atoms with van der Waals surface area (Å²) < 4.78 is 1.76. The number of carbonyl (C=O) groups excluding carboxylic acids is 2. The Hall–Kier alpha value is -2.22. The number of carbonyl (C=O) groups is 2. The Morgan fingerprint density at radius 3 is 2.67 bits per heavy atom. The van der Waals surface area contributed by atoms with Crippen molar-refractivity contribution in [3.63, 3.8) is 0 Å². The molecule has 2 heterocycles. The van der Waals surface area contributed by atoms with Crippen LogP contribution in [0.25, 0.3) is 0 Å². The Labute approximate surface area is 145 Å². The standard InChI is InChI=1S/C16H23N5O2S/c1-9(21-11(3)15(12(4)22)10(2)20-21)7-14(23)18-6-5-13-8-24-16(17)19-13/h8-9H,5-7H2,1-4H3,(H2,17,19)(H,18,23). The molecule has 0 aromatic carbocycles. The highest BCUT2D eigenvalue weighted by Crippen LogP contribution is 2.20. The number of nitrogen functional groups attached to an aromatic ring is 1. The van der Waals surface area contributed by atoms with Crippen LogP contribution in [0.3, 0.4) is 0 Å². The maximum absolute atomic E-state index is 12.1. The fourth-order valence-corrected chi connectivity index (χ4v) is 3.39. The number of nitrogens with zero attached hydrogens (tertiary/aromatic N) is 3. The van der Waals surface area contributed by atoms with Gasteiger partial charge in [0.05, 0.1) is 23.0 Å². The third kappa shape index (κ3) is 4.19. The van der Waals surface area contributed by atoms with Crippen LogP contribution in [0.2, 0.25) is 0 Å². The van der Waals surface area contributed by atoms with E-state index in [1.807, 2.05) is 26.2 Å². The molecule has 7 nitrogen and oxygen atoms in total. The fourth-order valence-electron chi connectivity index (χ4n) is 2.80. The molecule has 1 unspecified atom stereocenters. The van der Waals surface area contributed by atoms with E-state index in [-0.39, 0.29) is 17.7 Å². The van der Waals surface area contributed by atoms with Crippen molar-refractivity contribution in [1.82, 2.24) is 20.1 Å². The second kappa shape index (κ2) is 7.57. The summed E-state index contributed by atoms with van der Waals surface area (Å²) in [6, 6.07) is -0.119. The molecule has 0 bridgehead atoms. The second-order valence-electron chi connectivity index (χ2n) is 5.88. The van der Waals surface area contributed by atoms with Crippen LogP contribution in [0.1, 0.15) is 53.7 Å². The van der Waals surface area contributed by atoms with Crippen molar-refractivity contribution in [2.45, 2.75) is 46.6 Å². The number of nitrogens with one attached hydrogen (secondary N) is 1. The Balaban J connectivity index is 1.89. The van der Waals surface area contributed by atoms with Crippen LogP contribution in [0.5, 0.6) is 0 Å². The van der Waals surface area contributed by atoms with Crippen LogP contribution in [0.4, 0.5) is 5.13 Å². The van der Waals surface area contributed by atoms with Crippen LogP contribution >= 0.6 is 11.3 Å². The van der Waals surface area contributed by atoms with Crippen LogP contribution in [-0.4, -0.2) is 33.0 Å². The van der Waals surface area contributed by atoms with Gasteiger partial charge in [0.2, 0.25) is 5.91 Å². The first-order valence-corrected chi connectivity index (χ1v) is 8.70. The highest BCUT2D eigenvalue weighted by Gasteiger charge is 2.20. The third-order valence-corrected chi connectivity index (χ3v) is 4.57. The molecule has 0 aliphatic heterocycles. The maximum Gasteiger partial charge on any atom is 0.222 e. The van der Waals surface area contributed by atoms with Gasteiger partial charge in [-0.3, -0.25) is 14.3 Å². The van der Waals surface area contributed by atoms with Crippen LogP contribution < -0.4 is 11.1 Å². The van der Waals surface area contributed by atoms with Gasteiger partial charge >= 0.3 is 0 Å². The number of hydrogen-bond donors (Lipinski definition) is 2. The quantitative estimate of drug-likeness (QED) is 0.745. The Bertz CT molecular complexity index is 750. The number of rotatable bonds is 7. The van der Waals surface area contributed by atoms with E-state index in [1.165, 1.54) is 18.3 Å². The van der Waals surface area contributed by atoms with Gasteiger partial charge in [-0.05, 0) is 27.7 Å². The molecule has 3 N–H and O–H groups in total. The number of ketones is 1. The van der Waals surface area contributed by atoms with Crippen molar-refractivity contribution in [3.8, 4) is 0 Å². The first-order chi connectivity index (χ1) is 11.3. The molecule has 1 amide bonds. The number of thiazole rings is 1. The van der Waals surface area contributed by atoms with Crippen LogP contribution in [-0.2, 0) is 11.2 Å². The van der Waals surface area contributed by atoms with Gasteiger partial charge in [-0.15, -0.1) is 11.3 Å². The topological polar surface area (TPSA) is 103 Å². The highest BCUT2D eigenvalue weighted by atomic mass is 32.1. The normalized spacial score (nSPS) is 12.2. The number of aromatic nitrogens is 3. The summed E-state index contributed by atoms with van der Waals surface area (Å²) in [5, 5.41) is 9.72. The molecule has 0 radical (unpaired) electrons. The predicted molar refractivity (Wildman–Crippen MR) is 94.3 cm³/mol. The molecule has 1 atom stereocenters. The number of aryl methyl sites for hydroxylation is 1. The van der Waals surface area contributed by atoms with Gasteiger partial charge in [-0.1, -0.05) is 0 Å². The van der Waals surface area contributed by atoms with Gasteiger partial charge in [0.25, 0.3) is 0 Å². The van der Waals surface area contributed by atoms with E-state index in [1.54, 1.807) is 4.68 Å². The van der Waals surface area contributed by atoms with Gasteiger partial charge in [0.1, 0.15) is 0 Å². The lowest BCUT2D eigenvalue weighted by Gasteiger charge is -2.14. The zero-order chi connectivity index (χ0) is 17.9. The largest absolute Gasteiger partial charge is 0.375 e. The average Bonchev–Trinajstić information content (AvgIpc) is 3.02. The summed E-state index contributed by atoms with van der Waals surface area (Å²) in [5.41, 5.74) is 8.61. The van der Waals surface area contributed by atoms with E-state index in [2.05, 4.69) is 15.4 Å². The van der Waals surface area contributed by atoms with Crippen molar-refractivity contribution in [2.24, 2.45) is 0 Å². The number of anilines is 1. The van der Waals surface area contributed by atoms with Crippen molar-refractivity contribution in [2.75, 3.05) is 12.3 Å². The number of nitrogens with two attached hydrogens (primary N) is 1. The molecule has 0 saturated carbocycles. The summed E-state index contributed by atoms with van der Waals surface area (Å²) in [5.74, 6) is -0.0573. The summed E-state index contributed by atoms with van der Waals surface area (Å²) in [6.07, 6.45) is 0.959. The molecule has 8 heteroatoms. The Morgan fingerprint density at radius 1 is 1.42 bits per heavy atom. The molecule has 0 saturated heterocycles.